The van der Waals surface area contributed by atoms with Crippen LogP contribution in [-0.4, -0.2) is 80.1 Å². The Morgan fingerprint density at radius 3 is 1.81 bits per heavy atom. The maximum absolute atomic E-state index is 13.6. The summed E-state index contributed by atoms with van der Waals surface area (Å²) < 4.78 is 0.894. The van der Waals surface area contributed by atoms with Crippen LogP contribution >= 0.6 is 0 Å². The summed E-state index contributed by atoms with van der Waals surface area (Å²) >= 11 is 0. The molecule has 0 fully saturated rings. The van der Waals surface area contributed by atoms with E-state index in [1.165, 1.54) is 5.56 Å². The molecule has 47 heavy (non-hydrogen) atoms. The highest BCUT2D eigenvalue weighted by molar-refractivity contribution is 5.98. The minimum Gasteiger partial charge on any atom is -0.321 e. The van der Waals surface area contributed by atoms with Gasteiger partial charge in [-0.2, -0.15) is 0 Å². The standard InChI is InChI=1S/C39H47N5O3/c1-6-44(7-2,25-24-31-17-10-8-11-18-31)29-38(47)42-39-30(3)16-14-23-35(39)32-19-15-22-34(26-32)41-37(46)28-43(4,5)27-36(45)40-33-20-12-9-13-21-33/h8-23,26H,6-7,24-25,27-29H2,1-5H3,(H-2,40,41,42,45,46,47)/p+2. The Morgan fingerprint density at radius 1 is 0.617 bits per heavy atom. The van der Waals surface area contributed by atoms with Gasteiger partial charge in [-0.3, -0.25) is 14.4 Å². The summed E-state index contributed by atoms with van der Waals surface area (Å²) in [6, 6.07) is 33.3. The number of nitrogens with zero attached hydrogens (tertiary/aromatic N) is 2. The number of aryl methyl sites for hydroxylation is 1. The fourth-order valence-electron chi connectivity index (χ4n) is 5.93. The third kappa shape index (κ3) is 10.4. The van der Waals surface area contributed by atoms with Gasteiger partial charge in [-0.1, -0.05) is 78.9 Å². The minimum atomic E-state index is -0.193. The summed E-state index contributed by atoms with van der Waals surface area (Å²) in [5.74, 6) is -0.366. The summed E-state index contributed by atoms with van der Waals surface area (Å²) in [4.78, 5) is 39.3. The first-order valence-electron chi connectivity index (χ1n) is 16.4. The Balaban J connectivity index is 1.42. The van der Waals surface area contributed by atoms with Crippen molar-refractivity contribution in [3.63, 3.8) is 0 Å². The van der Waals surface area contributed by atoms with Crippen LogP contribution in [0.15, 0.2) is 103 Å². The molecule has 0 bridgehead atoms. The predicted molar refractivity (Wildman–Crippen MR) is 192 cm³/mol. The Bertz CT molecular complexity index is 1650. The number of amides is 3. The van der Waals surface area contributed by atoms with Crippen molar-refractivity contribution in [1.82, 2.24) is 0 Å². The maximum atomic E-state index is 13.6. The summed E-state index contributed by atoms with van der Waals surface area (Å²) in [6.45, 7) is 9.59. The van der Waals surface area contributed by atoms with Crippen LogP contribution in [0.3, 0.4) is 0 Å². The molecule has 246 valence electrons. The zero-order chi connectivity index (χ0) is 33.9. The molecular formula is C39H49N5O3+2. The van der Waals surface area contributed by atoms with Gasteiger partial charge >= 0.3 is 0 Å². The number of benzene rings is 4. The van der Waals surface area contributed by atoms with Crippen molar-refractivity contribution in [1.29, 1.82) is 0 Å². The number of anilines is 3. The fraction of sp³-hybridized carbons (Fsp3) is 0.308. The van der Waals surface area contributed by atoms with Crippen molar-refractivity contribution in [2.75, 3.05) is 69.3 Å². The van der Waals surface area contributed by atoms with Crippen LogP contribution in [0.2, 0.25) is 0 Å². The van der Waals surface area contributed by atoms with Crippen LogP contribution in [0.1, 0.15) is 25.0 Å². The molecule has 0 saturated heterocycles. The molecule has 3 N–H and O–H groups in total. The largest absolute Gasteiger partial charge is 0.321 e. The second-order valence-corrected chi connectivity index (χ2v) is 12.9. The van der Waals surface area contributed by atoms with Crippen LogP contribution in [-0.2, 0) is 20.8 Å². The highest BCUT2D eigenvalue weighted by atomic mass is 16.2. The van der Waals surface area contributed by atoms with E-state index in [9.17, 15) is 14.4 Å². The SMILES string of the molecule is CC[N+](CC)(CCc1ccccc1)CC(=O)Nc1c(C)cccc1-c1cccc(NC(=O)C[N+](C)(C)CC(=O)Nc2ccccc2)c1. The molecule has 0 aromatic heterocycles. The molecule has 8 nitrogen and oxygen atoms in total. The van der Waals surface area contributed by atoms with E-state index in [-0.39, 0.29) is 35.3 Å². The van der Waals surface area contributed by atoms with Gasteiger partial charge in [0.25, 0.3) is 17.7 Å². The van der Waals surface area contributed by atoms with Gasteiger partial charge in [-0.15, -0.1) is 0 Å². The Kier molecular flexibility index (Phi) is 12.1. The average molecular weight is 636 g/mol. The molecule has 4 aromatic carbocycles. The number of hydrogen-bond acceptors (Lipinski definition) is 3. The highest BCUT2D eigenvalue weighted by Gasteiger charge is 2.28. The van der Waals surface area contributed by atoms with Gasteiger partial charge in [0, 0.05) is 23.4 Å². The third-order valence-corrected chi connectivity index (χ3v) is 8.73. The average Bonchev–Trinajstić information content (AvgIpc) is 3.04. The number of carbonyl (C=O) groups is 3. The first-order chi connectivity index (χ1) is 22.5. The van der Waals surface area contributed by atoms with Crippen molar-refractivity contribution < 1.29 is 23.3 Å². The Morgan fingerprint density at radius 2 is 1.17 bits per heavy atom. The second kappa shape index (κ2) is 16.2. The fourth-order valence-corrected chi connectivity index (χ4v) is 5.93. The molecule has 0 heterocycles. The van der Waals surface area contributed by atoms with Crippen LogP contribution in [0.25, 0.3) is 11.1 Å². The number of carbonyl (C=O) groups excluding carboxylic acids is 3. The van der Waals surface area contributed by atoms with E-state index in [0.717, 1.165) is 54.1 Å². The molecule has 0 spiro atoms. The molecule has 4 rings (SSSR count). The molecule has 4 aromatic rings. The molecule has 3 amide bonds. The number of quaternary nitrogens is 2. The van der Waals surface area contributed by atoms with E-state index in [2.05, 4.69) is 54.1 Å². The summed E-state index contributed by atoms with van der Waals surface area (Å²) in [5.41, 5.74) is 6.16. The van der Waals surface area contributed by atoms with Crippen molar-refractivity contribution in [3.05, 3.63) is 114 Å². The normalized spacial score (nSPS) is 11.5. The zero-order valence-electron chi connectivity index (χ0n) is 28.4. The van der Waals surface area contributed by atoms with Crippen molar-refractivity contribution in [2.45, 2.75) is 27.2 Å². The van der Waals surface area contributed by atoms with Gasteiger partial charge in [-0.05, 0) is 61.7 Å². The van der Waals surface area contributed by atoms with E-state index in [0.29, 0.717) is 16.7 Å². The molecule has 0 atom stereocenters. The zero-order valence-corrected chi connectivity index (χ0v) is 28.4. The Hall–Kier alpha value is -4.79. The van der Waals surface area contributed by atoms with Gasteiger partial charge in [0.15, 0.2) is 19.6 Å². The second-order valence-electron chi connectivity index (χ2n) is 12.9. The third-order valence-electron chi connectivity index (χ3n) is 8.73. The van der Waals surface area contributed by atoms with Gasteiger partial charge < -0.3 is 24.9 Å². The highest BCUT2D eigenvalue weighted by Crippen LogP contribution is 2.32. The maximum Gasteiger partial charge on any atom is 0.279 e. The molecule has 8 heteroatoms. The number of likely N-dealkylation sites (N-methyl/N-ethyl adjacent to an activating group) is 2. The number of para-hydroxylation sites is 2. The van der Waals surface area contributed by atoms with E-state index in [1.54, 1.807) is 0 Å². The lowest BCUT2D eigenvalue weighted by molar-refractivity contribution is -0.917. The van der Waals surface area contributed by atoms with E-state index < -0.39 is 0 Å². The minimum absolute atomic E-state index is 0.0157. The van der Waals surface area contributed by atoms with Gasteiger partial charge in [0.1, 0.15) is 0 Å². The summed E-state index contributed by atoms with van der Waals surface area (Å²) in [5, 5.41) is 9.13. The Labute approximate surface area is 279 Å². The molecular weight excluding hydrogens is 586 g/mol. The molecule has 0 aliphatic heterocycles. The van der Waals surface area contributed by atoms with Gasteiger partial charge in [0.2, 0.25) is 0 Å². The smallest absolute Gasteiger partial charge is 0.279 e. The topological polar surface area (TPSA) is 87.3 Å². The van der Waals surface area contributed by atoms with Crippen LogP contribution in [0.4, 0.5) is 17.1 Å². The lowest BCUT2D eigenvalue weighted by Gasteiger charge is -2.36. The van der Waals surface area contributed by atoms with Gasteiger partial charge in [0.05, 0.1) is 39.4 Å². The monoisotopic (exact) mass is 635 g/mol. The van der Waals surface area contributed by atoms with Gasteiger partial charge in [-0.25, -0.2) is 0 Å². The molecule has 0 saturated carbocycles. The van der Waals surface area contributed by atoms with Crippen LogP contribution in [0, 0.1) is 6.92 Å². The van der Waals surface area contributed by atoms with Crippen LogP contribution in [0.5, 0.6) is 0 Å². The van der Waals surface area contributed by atoms with Crippen molar-refractivity contribution in [2.24, 2.45) is 0 Å². The predicted octanol–water partition coefficient (Wildman–Crippen LogP) is 6.35. The van der Waals surface area contributed by atoms with E-state index in [1.807, 2.05) is 99.9 Å². The molecule has 0 radical (unpaired) electrons. The summed E-state index contributed by atoms with van der Waals surface area (Å²) in [6.07, 6.45) is 0.918. The lowest BCUT2D eigenvalue weighted by Crippen LogP contribution is -2.53. The first-order valence-corrected chi connectivity index (χ1v) is 16.4. The van der Waals surface area contributed by atoms with E-state index >= 15 is 0 Å². The number of nitrogens with one attached hydrogen (secondary N) is 3. The van der Waals surface area contributed by atoms with E-state index in [4.69, 9.17) is 0 Å². The number of rotatable bonds is 15. The van der Waals surface area contributed by atoms with Crippen molar-refractivity contribution >= 4 is 34.8 Å². The molecule has 0 aliphatic carbocycles. The van der Waals surface area contributed by atoms with Crippen LogP contribution < -0.4 is 16.0 Å². The molecule has 0 aliphatic rings. The summed E-state index contributed by atoms with van der Waals surface area (Å²) in [7, 11) is 3.71. The van der Waals surface area contributed by atoms with Crippen molar-refractivity contribution in [3.8, 4) is 11.1 Å². The first kappa shape index (κ1) is 35.1. The lowest BCUT2D eigenvalue weighted by atomic mass is 9.99. The quantitative estimate of drug-likeness (QED) is 0.133. The number of hydrogen-bond donors (Lipinski definition) is 3. The molecule has 0 unspecified atom stereocenters.